The molecule has 0 radical (unpaired) electrons. The lowest BCUT2D eigenvalue weighted by Crippen LogP contribution is -2.01. The molecule has 0 atom stereocenters. The van der Waals surface area contributed by atoms with Crippen LogP contribution in [0.4, 0.5) is 10.1 Å². The highest BCUT2D eigenvalue weighted by Gasteiger charge is 2.01. The van der Waals surface area contributed by atoms with Crippen molar-refractivity contribution in [3.05, 3.63) is 52.0 Å². The standard InChI is InChI=1S/C13H14FNOS/c14-11-3-4-13(15)10(8-11)9-16-6-5-12-2-1-7-17-12/h1-4,7-8H,5-6,9,15H2. The van der Waals surface area contributed by atoms with Gasteiger partial charge in [0.1, 0.15) is 5.82 Å². The maximum absolute atomic E-state index is 13.0. The van der Waals surface area contributed by atoms with Gasteiger partial charge >= 0.3 is 0 Å². The predicted octanol–water partition coefficient (Wildman–Crippen LogP) is 3.23. The Balaban J connectivity index is 1.80. The van der Waals surface area contributed by atoms with Crippen LogP contribution in [-0.4, -0.2) is 6.61 Å². The molecule has 1 heterocycles. The first-order valence-corrected chi connectivity index (χ1v) is 6.27. The van der Waals surface area contributed by atoms with E-state index < -0.39 is 0 Å². The maximum atomic E-state index is 13.0. The molecule has 0 aliphatic carbocycles. The maximum Gasteiger partial charge on any atom is 0.123 e. The van der Waals surface area contributed by atoms with Crippen molar-refractivity contribution in [2.75, 3.05) is 12.3 Å². The van der Waals surface area contributed by atoms with Gasteiger partial charge in [0, 0.05) is 22.5 Å². The summed E-state index contributed by atoms with van der Waals surface area (Å²) in [5.41, 5.74) is 7.00. The number of nitrogen functional groups attached to an aromatic ring is 1. The second kappa shape index (κ2) is 5.80. The van der Waals surface area contributed by atoms with E-state index in [4.69, 9.17) is 10.5 Å². The molecule has 0 aliphatic heterocycles. The smallest absolute Gasteiger partial charge is 0.123 e. The summed E-state index contributed by atoms with van der Waals surface area (Å²) in [4.78, 5) is 1.29. The summed E-state index contributed by atoms with van der Waals surface area (Å²) >= 11 is 1.71. The summed E-state index contributed by atoms with van der Waals surface area (Å²) in [5.74, 6) is -0.281. The van der Waals surface area contributed by atoms with Crippen LogP contribution in [0.25, 0.3) is 0 Å². The zero-order valence-electron chi connectivity index (χ0n) is 9.36. The first kappa shape index (κ1) is 12.1. The minimum absolute atomic E-state index is 0.281. The molecular weight excluding hydrogens is 237 g/mol. The highest BCUT2D eigenvalue weighted by atomic mass is 32.1. The van der Waals surface area contributed by atoms with Crippen molar-refractivity contribution in [1.82, 2.24) is 0 Å². The number of halogens is 1. The van der Waals surface area contributed by atoms with Gasteiger partial charge in [-0.2, -0.15) is 0 Å². The van der Waals surface area contributed by atoms with E-state index in [9.17, 15) is 4.39 Å². The van der Waals surface area contributed by atoms with Crippen molar-refractivity contribution in [3.8, 4) is 0 Å². The van der Waals surface area contributed by atoms with Crippen LogP contribution in [0, 0.1) is 5.82 Å². The minimum atomic E-state index is -0.281. The fourth-order valence-electron chi connectivity index (χ4n) is 1.51. The molecule has 0 fully saturated rings. The van der Waals surface area contributed by atoms with Gasteiger partial charge in [0.15, 0.2) is 0 Å². The van der Waals surface area contributed by atoms with Crippen molar-refractivity contribution < 1.29 is 9.13 Å². The first-order chi connectivity index (χ1) is 8.25. The third-order valence-corrected chi connectivity index (χ3v) is 3.37. The number of hydrogen-bond acceptors (Lipinski definition) is 3. The van der Waals surface area contributed by atoms with E-state index >= 15 is 0 Å². The molecule has 0 bridgehead atoms. The Morgan fingerprint density at radius 3 is 2.94 bits per heavy atom. The van der Waals surface area contributed by atoms with E-state index in [0.717, 1.165) is 6.42 Å². The van der Waals surface area contributed by atoms with Gasteiger partial charge in [-0.05, 0) is 29.6 Å². The average Bonchev–Trinajstić information content (AvgIpc) is 2.82. The fraction of sp³-hybridized carbons (Fsp3) is 0.231. The van der Waals surface area contributed by atoms with Gasteiger partial charge in [0.2, 0.25) is 0 Å². The molecule has 0 saturated carbocycles. The quantitative estimate of drug-likeness (QED) is 0.654. The van der Waals surface area contributed by atoms with Crippen molar-refractivity contribution in [2.45, 2.75) is 13.0 Å². The number of benzene rings is 1. The Bertz CT molecular complexity index is 470. The molecule has 17 heavy (non-hydrogen) atoms. The molecule has 0 aliphatic rings. The van der Waals surface area contributed by atoms with Crippen LogP contribution in [0.5, 0.6) is 0 Å². The van der Waals surface area contributed by atoms with Gasteiger partial charge in [0.25, 0.3) is 0 Å². The van der Waals surface area contributed by atoms with Crippen LogP contribution in [0.2, 0.25) is 0 Å². The summed E-state index contributed by atoms with van der Waals surface area (Å²) in [6.45, 7) is 0.978. The van der Waals surface area contributed by atoms with Gasteiger partial charge in [-0.3, -0.25) is 0 Å². The molecule has 0 unspecified atom stereocenters. The number of rotatable bonds is 5. The van der Waals surface area contributed by atoms with E-state index in [-0.39, 0.29) is 5.82 Å². The summed E-state index contributed by atoms with van der Waals surface area (Å²) in [7, 11) is 0. The van der Waals surface area contributed by atoms with Crippen molar-refractivity contribution in [1.29, 1.82) is 0 Å². The van der Waals surface area contributed by atoms with E-state index in [1.165, 1.54) is 17.0 Å². The molecule has 4 heteroatoms. The van der Waals surface area contributed by atoms with Gasteiger partial charge < -0.3 is 10.5 Å². The molecular formula is C13H14FNOS. The lowest BCUT2D eigenvalue weighted by Gasteiger charge is -2.06. The molecule has 1 aromatic carbocycles. The summed E-state index contributed by atoms with van der Waals surface area (Å²) in [6, 6.07) is 8.42. The zero-order chi connectivity index (χ0) is 12.1. The van der Waals surface area contributed by atoms with Gasteiger partial charge in [-0.25, -0.2) is 4.39 Å². The Kier molecular flexibility index (Phi) is 4.12. The number of thiophene rings is 1. The predicted molar refractivity (Wildman–Crippen MR) is 68.5 cm³/mol. The third-order valence-electron chi connectivity index (χ3n) is 2.44. The van der Waals surface area contributed by atoms with Crippen LogP contribution >= 0.6 is 11.3 Å². The van der Waals surface area contributed by atoms with E-state index in [1.54, 1.807) is 17.4 Å². The third kappa shape index (κ3) is 3.54. The monoisotopic (exact) mass is 251 g/mol. The molecule has 2 N–H and O–H groups in total. The molecule has 0 spiro atoms. The SMILES string of the molecule is Nc1ccc(F)cc1COCCc1cccs1. The van der Waals surface area contributed by atoms with E-state index in [1.807, 2.05) is 11.4 Å². The van der Waals surface area contributed by atoms with E-state index in [0.29, 0.717) is 24.5 Å². The van der Waals surface area contributed by atoms with Crippen LogP contribution in [0.15, 0.2) is 35.7 Å². The molecule has 2 nitrogen and oxygen atoms in total. The van der Waals surface area contributed by atoms with Crippen molar-refractivity contribution in [2.24, 2.45) is 0 Å². The van der Waals surface area contributed by atoms with Crippen LogP contribution in [0.3, 0.4) is 0 Å². The van der Waals surface area contributed by atoms with Crippen molar-refractivity contribution >= 4 is 17.0 Å². The van der Waals surface area contributed by atoms with Gasteiger partial charge in [-0.1, -0.05) is 6.07 Å². The average molecular weight is 251 g/mol. The van der Waals surface area contributed by atoms with Gasteiger partial charge in [0.05, 0.1) is 13.2 Å². The molecule has 2 aromatic rings. The van der Waals surface area contributed by atoms with Crippen molar-refractivity contribution in [3.63, 3.8) is 0 Å². The number of ether oxygens (including phenoxy) is 1. The molecule has 2 rings (SSSR count). The first-order valence-electron chi connectivity index (χ1n) is 5.40. The second-order valence-electron chi connectivity index (χ2n) is 3.73. The lowest BCUT2D eigenvalue weighted by molar-refractivity contribution is 0.124. The minimum Gasteiger partial charge on any atom is -0.398 e. The summed E-state index contributed by atoms with van der Waals surface area (Å²) in [6.07, 6.45) is 0.882. The largest absolute Gasteiger partial charge is 0.398 e. The Morgan fingerprint density at radius 1 is 1.29 bits per heavy atom. The second-order valence-corrected chi connectivity index (χ2v) is 4.76. The number of anilines is 1. The van der Waals surface area contributed by atoms with E-state index in [2.05, 4.69) is 6.07 Å². The highest BCUT2D eigenvalue weighted by molar-refractivity contribution is 7.09. The number of hydrogen-bond donors (Lipinski definition) is 1. The topological polar surface area (TPSA) is 35.2 Å². The Labute approximate surface area is 104 Å². The molecule has 0 saturated heterocycles. The van der Waals surface area contributed by atoms with Crippen LogP contribution < -0.4 is 5.73 Å². The molecule has 90 valence electrons. The highest BCUT2D eigenvalue weighted by Crippen LogP contribution is 2.15. The number of nitrogens with two attached hydrogens (primary N) is 1. The summed E-state index contributed by atoms with van der Waals surface area (Å²) in [5, 5.41) is 2.04. The van der Waals surface area contributed by atoms with Crippen LogP contribution in [0.1, 0.15) is 10.4 Å². The Morgan fingerprint density at radius 2 is 2.18 bits per heavy atom. The fourth-order valence-corrected chi connectivity index (χ4v) is 2.20. The van der Waals surface area contributed by atoms with Gasteiger partial charge in [-0.15, -0.1) is 11.3 Å². The van der Waals surface area contributed by atoms with Crippen LogP contribution in [-0.2, 0) is 17.8 Å². The zero-order valence-corrected chi connectivity index (χ0v) is 10.2. The summed E-state index contributed by atoms with van der Waals surface area (Å²) < 4.78 is 18.5. The molecule has 1 aromatic heterocycles. The molecule has 0 amide bonds. The Hall–Kier alpha value is -1.39. The lowest BCUT2D eigenvalue weighted by atomic mass is 10.2. The normalized spacial score (nSPS) is 10.6.